The van der Waals surface area contributed by atoms with E-state index in [-0.39, 0.29) is 0 Å². The molecule has 0 amide bonds. The van der Waals surface area contributed by atoms with Gasteiger partial charge in [-0.05, 0) is 24.3 Å². The lowest BCUT2D eigenvalue weighted by Crippen LogP contribution is -2.13. The first-order chi connectivity index (χ1) is 12.7. The minimum Gasteiger partial charge on any atom is -0.496 e. The third kappa shape index (κ3) is 3.94. The molecular formula is C19H21N3O4. The molecule has 1 heterocycles. The molecule has 7 heteroatoms. The van der Waals surface area contributed by atoms with E-state index in [1.165, 1.54) is 0 Å². The van der Waals surface area contributed by atoms with Gasteiger partial charge in [-0.15, -0.1) is 10.2 Å². The minimum absolute atomic E-state index is 0.431. The van der Waals surface area contributed by atoms with Gasteiger partial charge in [0.05, 0.1) is 27.9 Å². The van der Waals surface area contributed by atoms with Crippen LogP contribution in [0.25, 0.3) is 11.5 Å². The number of ether oxygens (including phenoxy) is 3. The Morgan fingerprint density at radius 2 is 1.62 bits per heavy atom. The van der Waals surface area contributed by atoms with Crippen molar-refractivity contribution in [3.05, 3.63) is 53.9 Å². The molecule has 2 aromatic carbocycles. The number of aromatic nitrogens is 2. The topological polar surface area (TPSA) is 78.6 Å². The zero-order chi connectivity index (χ0) is 18.4. The Hall–Kier alpha value is -3.06. The lowest BCUT2D eigenvalue weighted by atomic mass is 10.2. The first-order valence-corrected chi connectivity index (χ1v) is 8.12. The van der Waals surface area contributed by atoms with Crippen LogP contribution in [-0.4, -0.2) is 31.5 Å². The van der Waals surface area contributed by atoms with Gasteiger partial charge in [0.15, 0.2) is 11.5 Å². The average Bonchev–Trinajstić information content (AvgIpc) is 3.16. The van der Waals surface area contributed by atoms with Crippen LogP contribution in [0.3, 0.4) is 0 Å². The lowest BCUT2D eigenvalue weighted by molar-refractivity contribution is 0.355. The summed E-state index contributed by atoms with van der Waals surface area (Å²) in [5.41, 5.74) is 1.83. The molecule has 1 N–H and O–H groups in total. The Balaban J connectivity index is 1.65. The van der Waals surface area contributed by atoms with Gasteiger partial charge >= 0.3 is 0 Å². The van der Waals surface area contributed by atoms with Crippen molar-refractivity contribution in [3.8, 4) is 28.7 Å². The Bertz CT molecular complexity index is 863. The molecule has 7 nitrogen and oxygen atoms in total. The van der Waals surface area contributed by atoms with Crippen LogP contribution >= 0.6 is 0 Å². The van der Waals surface area contributed by atoms with Crippen molar-refractivity contribution >= 4 is 0 Å². The molecule has 0 fully saturated rings. The number of nitrogens with one attached hydrogen (secondary N) is 1. The van der Waals surface area contributed by atoms with E-state index in [9.17, 15) is 0 Å². The van der Waals surface area contributed by atoms with Crippen LogP contribution in [0.15, 0.2) is 46.9 Å². The quantitative estimate of drug-likeness (QED) is 0.665. The molecule has 0 radical (unpaired) electrons. The van der Waals surface area contributed by atoms with Gasteiger partial charge in [-0.3, -0.25) is 0 Å². The molecule has 0 saturated carbocycles. The maximum atomic E-state index is 5.72. The number of hydrogen-bond acceptors (Lipinski definition) is 7. The van der Waals surface area contributed by atoms with Crippen LogP contribution < -0.4 is 19.5 Å². The molecular weight excluding hydrogens is 334 g/mol. The van der Waals surface area contributed by atoms with E-state index in [0.717, 1.165) is 16.9 Å². The zero-order valence-electron chi connectivity index (χ0n) is 15.0. The van der Waals surface area contributed by atoms with Crippen LogP contribution in [0, 0.1) is 0 Å². The number of benzene rings is 2. The normalized spacial score (nSPS) is 10.6. The van der Waals surface area contributed by atoms with E-state index in [0.29, 0.717) is 36.4 Å². The van der Waals surface area contributed by atoms with Crippen LogP contribution in [0.5, 0.6) is 17.2 Å². The van der Waals surface area contributed by atoms with E-state index >= 15 is 0 Å². The molecule has 26 heavy (non-hydrogen) atoms. The minimum atomic E-state index is 0.431. The second kappa shape index (κ2) is 8.35. The second-order valence-corrected chi connectivity index (χ2v) is 5.49. The number of nitrogens with zero attached hydrogens (tertiary/aromatic N) is 2. The largest absolute Gasteiger partial charge is 0.496 e. The predicted molar refractivity (Wildman–Crippen MR) is 96.4 cm³/mol. The summed E-state index contributed by atoms with van der Waals surface area (Å²) in [4.78, 5) is 0. The molecule has 0 aliphatic carbocycles. The third-order valence-corrected chi connectivity index (χ3v) is 3.88. The molecule has 0 saturated heterocycles. The SMILES string of the molecule is COc1ccccc1CNCc1nnc(-c2ccc(OC)c(OC)c2)o1. The Labute approximate surface area is 151 Å². The van der Waals surface area contributed by atoms with Crippen LogP contribution in [0.2, 0.25) is 0 Å². The van der Waals surface area contributed by atoms with E-state index in [1.807, 2.05) is 30.3 Å². The van der Waals surface area contributed by atoms with E-state index in [4.69, 9.17) is 18.6 Å². The van der Waals surface area contributed by atoms with E-state index in [1.54, 1.807) is 33.5 Å². The maximum absolute atomic E-state index is 5.72. The molecule has 3 aromatic rings. The highest BCUT2D eigenvalue weighted by atomic mass is 16.5. The van der Waals surface area contributed by atoms with Crippen molar-refractivity contribution in [2.45, 2.75) is 13.1 Å². The van der Waals surface area contributed by atoms with E-state index < -0.39 is 0 Å². The smallest absolute Gasteiger partial charge is 0.247 e. The summed E-state index contributed by atoms with van der Waals surface area (Å²) in [6.45, 7) is 1.09. The Kier molecular flexibility index (Phi) is 5.70. The first kappa shape index (κ1) is 17.8. The number of para-hydroxylation sites is 1. The average molecular weight is 355 g/mol. The number of methoxy groups -OCH3 is 3. The third-order valence-electron chi connectivity index (χ3n) is 3.88. The standard InChI is InChI=1S/C19H21N3O4/c1-23-15-7-5-4-6-14(15)11-20-12-18-21-22-19(26-18)13-8-9-16(24-2)17(10-13)25-3/h4-10,20H,11-12H2,1-3H3. The molecule has 0 aliphatic heterocycles. The number of hydrogen-bond donors (Lipinski definition) is 1. The summed E-state index contributed by atoms with van der Waals surface area (Å²) in [6.07, 6.45) is 0. The molecule has 0 bridgehead atoms. The fourth-order valence-corrected chi connectivity index (χ4v) is 2.56. The first-order valence-electron chi connectivity index (χ1n) is 8.12. The Morgan fingerprint density at radius 3 is 2.38 bits per heavy atom. The van der Waals surface area contributed by atoms with Crippen molar-refractivity contribution in [3.63, 3.8) is 0 Å². The van der Waals surface area contributed by atoms with E-state index in [2.05, 4.69) is 15.5 Å². The summed E-state index contributed by atoms with van der Waals surface area (Å²) in [6, 6.07) is 13.3. The van der Waals surface area contributed by atoms with Crippen molar-refractivity contribution < 1.29 is 18.6 Å². The van der Waals surface area contributed by atoms with Gasteiger partial charge in [-0.2, -0.15) is 0 Å². The predicted octanol–water partition coefficient (Wildman–Crippen LogP) is 3.05. The van der Waals surface area contributed by atoms with Crippen LogP contribution in [0.1, 0.15) is 11.5 Å². The molecule has 136 valence electrons. The lowest BCUT2D eigenvalue weighted by Gasteiger charge is -2.08. The van der Waals surface area contributed by atoms with Gasteiger partial charge in [0, 0.05) is 17.7 Å². The summed E-state index contributed by atoms with van der Waals surface area (Å²) in [5, 5.41) is 11.5. The summed E-state index contributed by atoms with van der Waals surface area (Å²) in [7, 11) is 4.84. The van der Waals surface area contributed by atoms with Gasteiger partial charge in [0.1, 0.15) is 5.75 Å². The van der Waals surface area contributed by atoms with Crippen LogP contribution in [-0.2, 0) is 13.1 Å². The highest BCUT2D eigenvalue weighted by Crippen LogP contribution is 2.31. The Morgan fingerprint density at radius 1 is 0.846 bits per heavy atom. The molecule has 1 aromatic heterocycles. The van der Waals surface area contributed by atoms with Gasteiger partial charge in [-0.1, -0.05) is 18.2 Å². The molecule has 3 rings (SSSR count). The molecule has 0 aliphatic rings. The van der Waals surface area contributed by atoms with Crippen molar-refractivity contribution in [2.24, 2.45) is 0 Å². The summed E-state index contributed by atoms with van der Waals surface area (Å²) < 4.78 is 21.6. The summed E-state index contributed by atoms with van der Waals surface area (Å²) >= 11 is 0. The second-order valence-electron chi connectivity index (χ2n) is 5.49. The van der Waals surface area contributed by atoms with Crippen molar-refractivity contribution in [2.75, 3.05) is 21.3 Å². The van der Waals surface area contributed by atoms with Gasteiger partial charge in [0.2, 0.25) is 11.8 Å². The van der Waals surface area contributed by atoms with Crippen LogP contribution in [0.4, 0.5) is 0 Å². The fraction of sp³-hybridized carbons (Fsp3) is 0.263. The van der Waals surface area contributed by atoms with Crippen molar-refractivity contribution in [1.29, 1.82) is 0 Å². The monoisotopic (exact) mass is 355 g/mol. The summed E-state index contributed by atoms with van der Waals surface area (Å²) in [5.74, 6) is 3.04. The zero-order valence-corrected chi connectivity index (χ0v) is 15.0. The highest BCUT2D eigenvalue weighted by molar-refractivity contribution is 5.59. The molecule has 0 unspecified atom stereocenters. The fourth-order valence-electron chi connectivity index (χ4n) is 2.56. The highest BCUT2D eigenvalue weighted by Gasteiger charge is 2.12. The van der Waals surface area contributed by atoms with Gasteiger partial charge in [-0.25, -0.2) is 0 Å². The van der Waals surface area contributed by atoms with Gasteiger partial charge < -0.3 is 23.9 Å². The molecule has 0 spiro atoms. The van der Waals surface area contributed by atoms with Crippen molar-refractivity contribution in [1.82, 2.24) is 15.5 Å². The van der Waals surface area contributed by atoms with Gasteiger partial charge in [0.25, 0.3) is 0 Å². The molecule has 0 atom stereocenters. The number of rotatable bonds is 8. The maximum Gasteiger partial charge on any atom is 0.247 e.